The van der Waals surface area contributed by atoms with E-state index in [-0.39, 0.29) is 25.3 Å². The summed E-state index contributed by atoms with van der Waals surface area (Å²) in [5.41, 5.74) is -0.629. The first-order chi connectivity index (χ1) is 9.09. The molecule has 2 aliphatic rings. The molecule has 0 spiro atoms. The van der Waals surface area contributed by atoms with Gasteiger partial charge in [-0.2, -0.15) is 17.4 Å². The number of carbonyl (C=O) groups is 1. The zero-order valence-electron chi connectivity index (χ0n) is 12.3. The van der Waals surface area contributed by atoms with Gasteiger partial charge in [0.05, 0.1) is 12.2 Å². The predicted molar refractivity (Wildman–Crippen MR) is 72.2 cm³/mol. The number of ether oxygens (including phenoxy) is 2. The number of carbonyl (C=O) groups excluding carboxylic acids is 1. The number of hydrogen-bond acceptors (Lipinski definition) is 5. The Morgan fingerprint density at radius 1 is 1.25 bits per heavy atom. The van der Waals surface area contributed by atoms with Gasteiger partial charge in [0.15, 0.2) is 0 Å². The van der Waals surface area contributed by atoms with Gasteiger partial charge in [0.1, 0.15) is 11.6 Å². The van der Waals surface area contributed by atoms with E-state index in [9.17, 15) is 13.2 Å². The highest BCUT2D eigenvalue weighted by molar-refractivity contribution is 7.87. The Labute approximate surface area is 119 Å². The molecule has 0 amide bonds. The van der Waals surface area contributed by atoms with E-state index >= 15 is 0 Å². The maximum atomic E-state index is 12.3. The van der Waals surface area contributed by atoms with Gasteiger partial charge in [-0.25, -0.2) is 0 Å². The molecule has 1 N–H and O–H groups in total. The topological polar surface area (TPSA) is 84.9 Å². The lowest BCUT2D eigenvalue weighted by Crippen LogP contribution is -2.54. The fourth-order valence-corrected chi connectivity index (χ4v) is 4.13. The molecule has 2 rings (SSSR count). The second kappa shape index (κ2) is 5.25. The lowest BCUT2D eigenvalue weighted by atomic mass is 10.0. The molecule has 3 atom stereocenters. The van der Waals surface area contributed by atoms with Crippen molar-refractivity contribution < 1.29 is 22.7 Å². The molecule has 0 radical (unpaired) electrons. The number of nitrogens with zero attached hydrogens (tertiary/aromatic N) is 1. The highest BCUT2D eigenvalue weighted by Gasteiger charge is 2.43. The van der Waals surface area contributed by atoms with Crippen LogP contribution in [0.4, 0.5) is 0 Å². The number of hydrogen-bond donors (Lipinski definition) is 1. The van der Waals surface area contributed by atoms with Crippen molar-refractivity contribution in [2.45, 2.75) is 58.0 Å². The van der Waals surface area contributed by atoms with Crippen LogP contribution in [0.1, 0.15) is 34.1 Å². The molecule has 8 heteroatoms. The largest absolute Gasteiger partial charge is 0.458 e. The van der Waals surface area contributed by atoms with Crippen molar-refractivity contribution >= 4 is 16.2 Å². The molecule has 20 heavy (non-hydrogen) atoms. The third kappa shape index (κ3) is 3.49. The number of cyclic esters (lactones) is 1. The summed E-state index contributed by atoms with van der Waals surface area (Å²) < 4.78 is 39.1. The SMILES string of the molecule is C[C@@H]1CN(S(=O)(=O)N[C@@H]2CC(C)(C)OC2=O)C[C@@H](C)O1. The molecule has 0 saturated carbocycles. The molecule has 0 aromatic heterocycles. The Morgan fingerprint density at radius 3 is 2.25 bits per heavy atom. The lowest BCUT2D eigenvalue weighted by Gasteiger charge is -2.34. The average molecular weight is 306 g/mol. The fourth-order valence-electron chi connectivity index (χ4n) is 2.63. The molecule has 0 aromatic carbocycles. The van der Waals surface area contributed by atoms with E-state index in [1.165, 1.54) is 4.31 Å². The van der Waals surface area contributed by atoms with E-state index in [2.05, 4.69) is 4.72 Å². The van der Waals surface area contributed by atoms with E-state index in [0.717, 1.165) is 0 Å². The van der Waals surface area contributed by atoms with Crippen LogP contribution in [0.3, 0.4) is 0 Å². The van der Waals surface area contributed by atoms with Crippen molar-refractivity contribution in [1.29, 1.82) is 0 Å². The maximum Gasteiger partial charge on any atom is 0.324 e. The number of esters is 1. The van der Waals surface area contributed by atoms with Gasteiger partial charge in [-0.1, -0.05) is 0 Å². The summed E-state index contributed by atoms with van der Waals surface area (Å²) in [7, 11) is -3.71. The van der Waals surface area contributed by atoms with Gasteiger partial charge in [0, 0.05) is 19.5 Å². The number of morpholine rings is 1. The van der Waals surface area contributed by atoms with Crippen LogP contribution in [0.5, 0.6) is 0 Å². The predicted octanol–water partition coefficient (Wildman–Crippen LogP) is 0.0241. The van der Waals surface area contributed by atoms with E-state index in [0.29, 0.717) is 6.42 Å². The van der Waals surface area contributed by atoms with Crippen molar-refractivity contribution in [3.63, 3.8) is 0 Å². The Hall–Kier alpha value is -0.700. The third-order valence-corrected chi connectivity index (χ3v) is 4.93. The van der Waals surface area contributed by atoms with Gasteiger partial charge in [0.2, 0.25) is 0 Å². The molecule has 0 bridgehead atoms. The summed E-state index contributed by atoms with van der Waals surface area (Å²) in [6.07, 6.45) is 0.00476. The van der Waals surface area contributed by atoms with E-state index < -0.39 is 27.8 Å². The summed E-state index contributed by atoms with van der Waals surface area (Å²) in [5, 5.41) is 0. The van der Waals surface area contributed by atoms with Crippen LogP contribution in [0.25, 0.3) is 0 Å². The van der Waals surface area contributed by atoms with E-state index in [1.54, 1.807) is 13.8 Å². The first kappa shape index (κ1) is 15.7. The second-order valence-electron chi connectivity index (χ2n) is 6.13. The molecule has 2 saturated heterocycles. The molecule has 0 unspecified atom stereocenters. The van der Waals surface area contributed by atoms with Gasteiger partial charge in [0.25, 0.3) is 10.2 Å². The summed E-state index contributed by atoms with van der Waals surface area (Å²) in [5.74, 6) is -0.520. The highest BCUT2D eigenvalue weighted by atomic mass is 32.2. The molecule has 2 fully saturated rings. The maximum absolute atomic E-state index is 12.3. The zero-order valence-corrected chi connectivity index (χ0v) is 13.1. The van der Waals surface area contributed by atoms with Crippen LogP contribution in [0.15, 0.2) is 0 Å². The Balaban J connectivity index is 2.06. The van der Waals surface area contributed by atoms with Crippen molar-refractivity contribution in [1.82, 2.24) is 9.03 Å². The first-order valence-corrected chi connectivity index (χ1v) is 8.19. The average Bonchev–Trinajstić information content (AvgIpc) is 2.49. The molecular weight excluding hydrogens is 284 g/mol. The molecule has 2 aliphatic heterocycles. The summed E-state index contributed by atoms with van der Waals surface area (Å²) in [6, 6.07) is -0.816. The minimum absolute atomic E-state index is 0.165. The minimum Gasteiger partial charge on any atom is -0.458 e. The number of nitrogens with one attached hydrogen (secondary N) is 1. The third-order valence-electron chi connectivity index (χ3n) is 3.37. The quantitative estimate of drug-likeness (QED) is 0.743. The van der Waals surface area contributed by atoms with Crippen molar-refractivity contribution in [3.8, 4) is 0 Å². The monoisotopic (exact) mass is 306 g/mol. The van der Waals surface area contributed by atoms with Crippen molar-refractivity contribution in [2.24, 2.45) is 0 Å². The van der Waals surface area contributed by atoms with Gasteiger partial charge in [-0.3, -0.25) is 4.79 Å². The Morgan fingerprint density at radius 2 is 1.80 bits per heavy atom. The Kier molecular flexibility index (Phi) is 4.12. The zero-order chi connectivity index (χ0) is 15.1. The standard InChI is InChI=1S/C12H22N2O5S/c1-8-6-14(7-9(2)18-8)20(16,17)13-10-5-12(3,4)19-11(10)15/h8-10,13H,5-7H2,1-4H3/t8-,9-,10-/m1/s1. The van der Waals surface area contributed by atoms with Crippen LogP contribution in [-0.4, -0.2) is 55.6 Å². The summed E-state index contributed by atoms with van der Waals surface area (Å²) >= 11 is 0. The first-order valence-electron chi connectivity index (χ1n) is 6.75. The van der Waals surface area contributed by atoms with Crippen LogP contribution >= 0.6 is 0 Å². The molecular formula is C12H22N2O5S. The molecule has 0 aliphatic carbocycles. The second-order valence-corrected chi connectivity index (χ2v) is 7.84. The van der Waals surface area contributed by atoms with Crippen LogP contribution in [0, 0.1) is 0 Å². The Bertz CT molecular complexity index is 480. The van der Waals surface area contributed by atoms with Crippen molar-refractivity contribution in [3.05, 3.63) is 0 Å². The molecule has 0 aromatic rings. The van der Waals surface area contributed by atoms with Gasteiger partial charge in [-0.15, -0.1) is 0 Å². The fraction of sp³-hybridized carbons (Fsp3) is 0.917. The van der Waals surface area contributed by atoms with E-state index in [1.807, 2.05) is 13.8 Å². The van der Waals surface area contributed by atoms with Crippen LogP contribution in [-0.2, 0) is 24.5 Å². The molecule has 7 nitrogen and oxygen atoms in total. The van der Waals surface area contributed by atoms with Crippen molar-refractivity contribution in [2.75, 3.05) is 13.1 Å². The number of rotatable bonds is 3. The normalized spacial score (nSPS) is 35.0. The van der Waals surface area contributed by atoms with E-state index in [4.69, 9.17) is 9.47 Å². The minimum atomic E-state index is -3.71. The summed E-state index contributed by atoms with van der Waals surface area (Å²) in [6.45, 7) is 7.74. The van der Waals surface area contributed by atoms with Crippen LogP contribution in [0.2, 0.25) is 0 Å². The molecule has 2 heterocycles. The highest BCUT2D eigenvalue weighted by Crippen LogP contribution is 2.26. The summed E-state index contributed by atoms with van der Waals surface area (Å²) in [4.78, 5) is 11.7. The smallest absolute Gasteiger partial charge is 0.324 e. The lowest BCUT2D eigenvalue weighted by molar-refractivity contribution is -0.147. The molecule has 116 valence electrons. The van der Waals surface area contributed by atoms with Gasteiger partial charge >= 0.3 is 5.97 Å². The van der Waals surface area contributed by atoms with Crippen LogP contribution < -0.4 is 4.72 Å². The van der Waals surface area contributed by atoms with Gasteiger partial charge in [-0.05, 0) is 27.7 Å². The van der Waals surface area contributed by atoms with Gasteiger partial charge < -0.3 is 9.47 Å².